The van der Waals surface area contributed by atoms with Gasteiger partial charge in [-0.15, -0.1) is 0 Å². The highest BCUT2D eigenvalue weighted by molar-refractivity contribution is 9.09. The Bertz CT molecular complexity index is 256. The zero-order valence-electron chi connectivity index (χ0n) is 9.32. The maximum absolute atomic E-state index is 10.8. The van der Waals surface area contributed by atoms with Crippen LogP contribution in [0, 0.1) is 5.41 Å². The van der Waals surface area contributed by atoms with Gasteiger partial charge in [0, 0.05) is 18.4 Å². The molecule has 2 rings (SSSR count). The summed E-state index contributed by atoms with van der Waals surface area (Å²) in [5, 5.41) is 9.76. The lowest BCUT2D eigenvalue weighted by molar-refractivity contribution is -0.0978. The third-order valence-corrected chi connectivity index (χ3v) is 4.17. The van der Waals surface area contributed by atoms with Gasteiger partial charge in [0.2, 0.25) is 0 Å². The second-order valence-corrected chi connectivity index (χ2v) is 5.65. The van der Waals surface area contributed by atoms with Crippen LogP contribution in [0.15, 0.2) is 0 Å². The van der Waals surface area contributed by atoms with Crippen molar-refractivity contribution in [2.75, 3.05) is 25.0 Å². The lowest BCUT2D eigenvalue weighted by Gasteiger charge is -2.51. The Hall–Kier alpha value is -0.290. The predicted octanol–water partition coefficient (Wildman–Crippen LogP) is 2.32. The van der Waals surface area contributed by atoms with Gasteiger partial charge in [-0.05, 0) is 31.1 Å². The van der Waals surface area contributed by atoms with Crippen LogP contribution in [0.5, 0.6) is 0 Å². The SMILES string of the molecule is O=C(O)N1CCC2(CC1)CC(OCCBr)C2. The molecule has 16 heavy (non-hydrogen) atoms. The first-order valence-electron chi connectivity index (χ1n) is 5.81. The molecule has 1 saturated heterocycles. The fraction of sp³-hybridized carbons (Fsp3) is 0.909. The average Bonchev–Trinajstić information content (AvgIpc) is 2.24. The number of carbonyl (C=O) groups is 1. The predicted molar refractivity (Wildman–Crippen MR) is 64.0 cm³/mol. The van der Waals surface area contributed by atoms with E-state index in [1.807, 2.05) is 0 Å². The quantitative estimate of drug-likeness (QED) is 0.812. The van der Waals surface area contributed by atoms with Gasteiger partial charge in [-0.2, -0.15) is 0 Å². The molecule has 2 fully saturated rings. The van der Waals surface area contributed by atoms with Crippen molar-refractivity contribution < 1.29 is 14.6 Å². The van der Waals surface area contributed by atoms with Gasteiger partial charge in [-0.1, -0.05) is 15.9 Å². The van der Waals surface area contributed by atoms with E-state index in [2.05, 4.69) is 15.9 Å². The highest BCUT2D eigenvalue weighted by Crippen LogP contribution is 2.50. The van der Waals surface area contributed by atoms with Gasteiger partial charge < -0.3 is 14.7 Å². The Morgan fingerprint density at radius 2 is 2.06 bits per heavy atom. The van der Waals surface area contributed by atoms with Crippen molar-refractivity contribution in [2.45, 2.75) is 31.8 Å². The average molecular weight is 292 g/mol. The summed E-state index contributed by atoms with van der Waals surface area (Å²) in [6, 6.07) is 0. The van der Waals surface area contributed by atoms with Gasteiger partial charge in [-0.25, -0.2) is 4.79 Å². The summed E-state index contributed by atoms with van der Waals surface area (Å²) >= 11 is 3.35. The summed E-state index contributed by atoms with van der Waals surface area (Å²) in [5.74, 6) is 0. The number of likely N-dealkylation sites (tertiary alicyclic amines) is 1. The smallest absolute Gasteiger partial charge is 0.407 e. The molecule has 0 aromatic carbocycles. The fourth-order valence-corrected chi connectivity index (χ4v) is 3.00. The van der Waals surface area contributed by atoms with Crippen LogP contribution < -0.4 is 0 Å². The van der Waals surface area contributed by atoms with Gasteiger partial charge in [0.25, 0.3) is 0 Å². The standard InChI is InChI=1S/C11H18BrNO3/c12-3-6-16-9-7-11(8-9)1-4-13(5-2-11)10(14)15/h9H,1-8H2,(H,14,15). The summed E-state index contributed by atoms with van der Waals surface area (Å²) in [4.78, 5) is 12.3. The number of carboxylic acid groups (broad SMARTS) is 1. The molecule has 2 aliphatic rings. The van der Waals surface area contributed by atoms with Crippen molar-refractivity contribution in [3.63, 3.8) is 0 Å². The fourth-order valence-electron chi connectivity index (χ4n) is 2.82. The number of hydrogen-bond acceptors (Lipinski definition) is 2. The van der Waals surface area contributed by atoms with Crippen molar-refractivity contribution in [3.8, 4) is 0 Å². The summed E-state index contributed by atoms with van der Waals surface area (Å²) in [5.41, 5.74) is 0.392. The van der Waals surface area contributed by atoms with Gasteiger partial charge in [0.15, 0.2) is 0 Å². The largest absolute Gasteiger partial charge is 0.465 e. The lowest BCUT2D eigenvalue weighted by Crippen LogP contribution is -2.51. The molecule has 0 aromatic heterocycles. The van der Waals surface area contributed by atoms with Gasteiger partial charge in [0.05, 0.1) is 12.7 Å². The Kier molecular flexibility index (Phi) is 3.74. The molecule has 1 saturated carbocycles. The molecule has 92 valence electrons. The number of rotatable bonds is 3. The normalized spacial score (nSPS) is 24.4. The summed E-state index contributed by atoms with van der Waals surface area (Å²) in [6.45, 7) is 2.17. The number of nitrogens with zero attached hydrogens (tertiary/aromatic N) is 1. The van der Waals surface area contributed by atoms with Crippen LogP contribution in [0.25, 0.3) is 0 Å². The lowest BCUT2D eigenvalue weighted by atomic mass is 9.61. The molecule has 1 amide bonds. The number of alkyl halides is 1. The van der Waals surface area contributed by atoms with Gasteiger partial charge >= 0.3 is 6.09 Å². The number of piperidine rings is 1. The molecular formula is C11H18BrNO3. The minimum absolute atomic E-state index is 0.392. The van der Waals surface area contributed by atoms with Crippen LogP contribution in [0.4, 0.5) is 4.79 Å². The number of ether oxygens (including phenoxy) is 1. The summed E-state index contributed by atoms with van der Waals surface area (Å²) in [7, 11) is 0. The molecule has 0 radical (unpaired) electrons. The van der Waals surface area contributed by atoms with E-state index in [-0.39, 0.29) is 0 Å². The van der Waals surface area contributed by atoms with E-state index in [1.165, 1.54) is 4.90 Å². The number of amides is 1. The molecule has 0 bridgehead atoms. The summed E-state index contributed by atoms with van der Waals surface area (Å²) in [6.07, 6.45) is 3.89. The van der Waals surface area contributed by atoms with E-state index in [0.717, 1.165) is 37.6 Å². The molecule has 1 spiro atoms. The van der Waals surface area contributed by atoms with E-state index in [1.54, 1.807) is 0 Å². The molecule has 1 aliphatic carbocycles. The topological polar surface area (TPSA) is 49.8 Å². The van der Waals surface area contributed by atoms with Crippen LogP contribution >= 0.6 is 15.9 Å². The Morgan fingerprint density at radius 3 is 2.56 bits per heavy atom. The van der Waals surface area contributed by atoms with E-state index in [9.17, 15) is 4.79 Å². The first kappa shape index (κ1) is 12.2. The zero-order chi connectivity index (χ0) is 11.6. The van der Waals surface area contributed by atoms with Crippen molar-refractivity contribution in [2.24, 2.45) is 5.41 Å². The monoisotopic (exact) mass is 291 g/mol. The minimum Gasteiger partial charge on any atom is -0.465 e. The first-order chi connectivity index (χ1) is 7.65. The van der Waals surface area contributed by atoms with Crippen LogP contribution in [0.2, 0.25) is 0 Å². The highest BCUT2D eigenvalue weighted by atomic mass is 79.9. The number of hydrogen-bond donors (Lipinski definition) is 1. The molecular weight excluding hydrogens is 274 g/mol. The molecule has 5 heteroatoms. The molecule has 0 aromatic rings. The van der Waals surface area contributed by atoms with E-state index >= 15 is 0 Å². The van der Waals surface area contributed by atoms with Crippen molar-refractivity contribution in [1.29, 1.82) is 0 Å². The second-order valence-electron chi connectivity index (χ2n) is 4.86. The van der Waals surface area contributed by atoms with Gasteiger partial charge in [0.1, 0.15) is 0 Å². The third-order valence-electron chi connectivity index (χ3n) is 3.85. The Morgan fingerprint density at radius 1 is 1.44 bits per heavy atom. The molecule has 0 unspecified atom stereocenters. The van der Waals surface area contributed by atoms with E-state index < -0.39 is 6.09 Å². The minimum atomic E-state index is -0.777. The van der Waals surface area contributed by atoms with Crippen LogP contribution in [0.3, 0.4) is 0 Å². The Labute approximate surface area is 104 Å². The van der Waals surface area contributed by atoms with Crippen molar-refractivity contribution >= 4 is 22.0 Å². The van der Waals surface area contributed by atoms with Crippen molar-refractivity contribution in [3.05, 3.63) is 0 Å². The Balaban J connectivity index is 1.72. The second kappa shape index (κ2) is 4.92. The zero-order valence-corrected chi connectivity index (χ0v) is 10.9. The summed E-state index contributed by atoms with van der Waals surface area (Å²) < 4.78 is 5.65. The molecule has 1 heterocycles. The number of halogens is 1. The molecule has 4 nitrogen and oxygen atoms in total. The molecule has 1 N–H and O–H groups in total. The van der Waals surface area contributed by atoms with Gasteiger partial charge in [-0.3, -0.25) is 0 Å². The van der Waals surface area contributed by atoms with E-state index in [0.29, 0.717) is 24.6 Å². The molecule has 0 atom stereocenters. The third kappa shape index (κ3) is 2.51. The highest BCUT2D eigenvalue weighted by Gasteiger charge is 2.46. The van der Waals surface area contributed by atoms with Crippen LogP contribution in [-0.2, 0) is 4.74 Å². The maximum atomic E-state index is 10.8. The maximum Gasteiger partial charge on any atom is 0.407 e. The first-order valence-corrected chi connectivity index (χ1v) is 6.93. The van der Waals surface area contributed by atoms with Crippen molar-refractivity contribution in [1.82, 2.24) is 4.90 Å². The molecule has 1 aliphatic heterocycles. The van der Waals surface area contributed by atoms with Crippen LogP contribution in [0.1, 0.15) is 25.7 Å². The van der Waals surface area contributed by atoms with Crippen LogP contribution in [-0.4, -0.2) is 47.2 Å². The van der Waals surface area contributed by atoms with E-state index in [4.69, 9.17) is 9.84 Å².